The summed E-state index contributed by atoms with van der Waals surface area (Å²) in [5.41, 5.74) is 4.65. The molecule has 132 valence electrons. The van der Waals surface area contributed by atoms with E-state index in [0.717, 1.165) is 27.9 Å². The molecular weight excluding hydrogens is 368 g/mol. The van der Waals surface area contributed by atoms with Crippen molar-refractivity contribution in [3.05, 3.63) is 70.0 Å². The maximum atomic E-state index is 5.90. The van der Waals surface area contributed by atoms with Gasteiger partial charge in [-0.05, 0) is 43.7 Å². The van der Waals surface area contributed by atoms with Gasteiger partial charge in [0.15, 0.2) is 5.82 Å². The van der Waals surface area contributed by atoms with Crippen LogP contribution in [-0.2, 0) is 6.61 Å². The summed E-state index contributed by atoms with van der Waals surface area (Å²) >= 11 is 7.54. The fourth-order valence-electron chi connectivity index (χ4n) is 2.81. The summed E-state index contributed by atoms with van der Waals surface area (Å²) in [6, 6.07) is 13.7. The first kappa shape index (κ1) is 17.1. The van der Waals surface area contributed by atoms with Crippen LogP contribution < -0.4 is 4.74 Å². The highest BCUT2D eigenvalue weighted by molar-refractivity contribution is 7.99. The largest absolute Gasteiger partial charge is 0.486 e. The summed E-state index contributed by atoms with van der Waals surface area (Å²) in [5.74, 6) is 2.18. The lowest BCUT2D eigenvalue weighted by Crippen LogP contribution is -2.16. The Kier molecular flexibility index (Phi) is 4.70. The minimum atomic E-state index is 0.291. The van der Waals surface area contributed by atoms with E-state index in [1.807, 2.05) is 12.1 Å². The standard InChI is InChI=1S/C19H17ClN4OS/c1-12-3-8-16(13(2)9-12)17-11-26-19-22-21-18(24(19)23-17)10-25-15-6-4-14(20)5-7-15/h3-9H,10-11H2,1-2H3. The molecule has 0 bridgehead atoms. The van der Waals surface area contributed by atoms with Gasteiger partial charge in [-0.2, -0.15) is 9.78 Å². The van der Waals surface area contributed by atoms with E-state index < -0.39 is 0 Å². The predicted octanol–water partition coefficient (Wildman–Crippen LogP) is 4.49. The number of hydrogen-bond acceptors (Lipinski definition) is 5. The van der Waals surface area contributed by atoms with E-state index in [0.29, 0.717) is 17.5 Å². The van der Waals surface area contributed by atoms with Gasteiger partial charge in [-0.3, -0.25) is 0 Å². The van der Waals surface area contributed by atoms with Gasteiger partial charge in [-0.15, -0.1) is 10.2 Å². The average Bonchev–Trinajstić information content (AvgIpc) is 3.03. The van der Waals surface area contributed by atoms with Gasteiger partial charge in [0.25, 0.3) is 0 Å². The molecule has 0 spiro atoms. The third kappa shape index (κ3) is 3.48. The van der Waals surface area contributed by atoms with Crippen LogP contribution in [0.3, 0.4) is 0 Å². The average molecular weight is 385 g/mol. The fourth-order valence-corrected chi connectivity index (χ4v) is 3.78. The molecule has 2 heterocycles. The first-order valence-electron chi connectivity index (χ1n) is 8.21. The van der Waals surface area contributed by atoms with E-state index in [2.05, 4.69) is 42.2 Å². The number of aryl methyl sites for hydroxylation is 2. The summed E-state index contributed by atoms with van der Waals surface area (Å²) in [7, 11) is 0. The topological polar surface area (TPSA) is 52.3 Å². The van der Waals surface area contributed by atoms with Gasteiger partial charge in [0, 0.05) is 16.3 Å². The van der Waals surface area contributed by atoms with Crippen molar-refractivity contribution in [2.75, 3.05) is 5.75 Å². The van der Waals surface area contributed by atoms with Crippen LogP contribution in [0.5, 0.6) is 5.75 Å². The van der Waals surface area contributed by atoms with Crippen LogP contribution in [0.15, 0.2) is 52.7 Å². The second kappa shape index (κ2) is 7.13. The smallest absolute Gasteiger partial charge is 0.212 e. The normalized spacial score (nSPS) is 13.3. The third-order valence-corrected chi connectivity index (χ3v) is 5.29. The van der Waals surface area contributed by atoms with Crippen molar-refractivity contribution in [2.24, 2.45) is 5.10 Å². The number of thioether (sulfide) groups is 1. The van der Waals surface area contributed by atoms with Gasteiger partial charge < -0.3 is 4.74 Å². The number of fused-ring (bicyclic) bond motifs is 1. The highest BCUT2D eigenvalue weighted by atomic mass is 35.5. The Bertz CT molecular complexity index is 982. The van der Waals surface area contributed by atoms with Crippen molar-refractivity contribution in [1.82, 2.24) is 14.9 Å². The van der Waals surface area contributed by atoms with Gasteiger partial charge >= 0.3 is 0 Å². The zero-order valence-electron chi connectivity index (χ0n) is 14.4. The molecule has 7 heteroatoms. The van der Waals surface area contributed by atoms with Crippen molar-refractivity contribution in [3.8, 4) is 5.75 Å². The maximum absolute atomic E-state index is 5.90. The van der Waals surface area contributed by atoms with Crippen LogP contribution in [0.2, 0.25) is 5.02 Å². The molecule has 0 unspecified atom stereocenters. The highest BCUT2D eigenvalue weighted by Gasteiger charge is 2.21. The Morgan fingerprint density at radius 1 is 1.12 bits per heavy atom. The van der Waals surface area contributed by atoms with Gasteiger partial charge in [0.1, 0.15) is 12.4 Å². The minimum Gasteiger partial charge on any atom is -0.486 e. The van der Waals surface area contributed by atoms with E-state index in [1.165, 1.54) is 11.1 Å². The van der Waals surface area contributed by atoms with Crippen LogP contribution in [0.25, 0.3) is 0 Å². The molecular formula is C19H17ClN4OS. The molecule has 4 rings (SSSR count). The molecule has 1 aliphatic rings. The number of rotatable bonds is 4. The van der Waals surface area contributed by atoms with Crippen LogP contribution in [-0.4, -0.2) is 26.3 Å². The summed E-state index contributed by atoms with van der Waals surface area (Å²) < 4.78 is 7.57. The molecule has 0 fully saturated rings. The van der Waals surface area contributed by atoms with Crippen LogP contribution in [0.1, 0.15) is 22.5 Å². The monoisotopic (exact) mass is 384 g/mol. The van der Waals surface area contributed by atoms with E-state index in [9.17, 15) is 0 Å². The maximum Gasteiger partial charge on any atom is 0.212 e. The number of aromatic nitrogens is 3. The Labute approximate surface area is 161 Å². The third-order valence-electron chi connectivity index (χ3n) is 4.11. The van der Waals surface area contributed by atoms with Gasteiger partial charge in [-0.1, -0.05) is 47.1 Å². The van der Waals surface area contributed by atoms with E-state index in [-0.39, 0.29) is 0 Å². The summed E-state index contributed by atoms with van der Waals surface area (Å²) in [5, 5.41) is 14.7. The van der Waals surface area contributed by atoms with Gasteiger partial charge in [0.05, 0.1) is 5.71 Å². The number of halogens is 1. The first-order chi connectivity index (χ1) is 12.6. The zero-order chi connectivity index (χ0) is 18.1. The number of hydrogen-bond donors (Lipinski definition) is 0. The van der Waals surface area contributed by atoms with Crippen molar-refractivity contribution in [2.45, 2.75) is 25.6 Å². The van der Waals surface area contributed by atoms with Crippen LogP contribution in [0, 0.1) is 13.8 Å². The molecule has 1 aromatic heterocycles. The zero-order valence-corrected chi connectivity index (χ0v) is 16.0. The minimum absolute atomic E-state index is 0.291. The van der Waals surface area contributed by atoms with Gasteiger partial charge in [0.2, 0.25) is 5.16 Å². The molecule has 0 saturated heterocycles. The lowest BCUT2D eigenvalue weighted by Gasteiger charge is -2.16. The van der Waals surface area contributed by atoms with Crippen molar-refractivity contribution >= 4 is 29.1 Å². The van der Waals surface area contributed by atoms with E-state index in [1.54, 1.807) is 28.6 Å². The molecule has 0 saturated carbocycles. The number of nitrogens with zero attached hydrogens (tertiary/aromatic N) is 4. The molecule has 0 N–H and O–H groups in total. The Morgan fingerprint density at radius 3 is 2.69 bits per heavy atom. The molecule has 3 aromatic rings. The van der Waals surface area contributed by atoms with E-state index in [4.69, 9.17) is 21.4 Å². The fraction of sp³-hybridized carbons (Fsp3) is 0.211. The molecule has 0 atom stereocenters. The lowest BCUT2D eigenvalue weighted by atomic mass is 10.0. The second-order valence-corrected chi connectivity index (χ2v) is 7.49. The second-order valence-electron chi connectivity index (χ2n) is 6.11. The molecule has 2 aromatic carbocycles. The van der Waals surface area contributed by atoms with E-state index >= 15 is 0 Å². The molecule has 26 heavy (non-hydrogen) atoms. The molecule has 0 amide bonds. The molecule has 0 radical (unpaired) electrons. The number of benzene rings is 2. The Hall–Kier alpha value is -2.31. The van der Waals surface area contributed by atoms with Crippen molar-refractivity contribution < 1.29 is 4.74 Å². The van der Waals surface area contributed by atoms with Crippen LogP contribution in [0.4, 0.5) is 0 Å². The quantitative estimate of drug-likeness (QED) is 0.665. The summed E-state index contributed by atoms with van der Waals surface area (Å²) in [4.78, 5) is 0. The summed E-state index contributed by atoms with van der Waals surface area (Å²) in [6.45, 7) is 4.50. The predicted molar refractivity (Wildman–Crippen MR) is 104 cm³/mol. The summed E-state index contributed by atoms with van der Waals surface area (Å²) in [6.07, 6.45) is 0. The highest BCUT2D eigenvalue weighted by Crippen LogP contribution is 2.26. The first-order valence-corrected chi connectivity index (χ1v) is 9.57. The Balaban J connectivity index is 1.59. The lowest BCUT2D eigenvalue weighted by molar-refractivity contribution is 0.290. The molecule has 5 nitrogen and oxygen atoms in total. The molecule has 1 aliphatic heterocycles. The van der Waals surface area contributed by atoms with Crippen molar-refractivity contribution in [3.63, 3.8) is 0 Å². The van der Waals surface area contributed by atoms with Crippen LogP contribution >= 0.6 is 23.4 Å². The molecule has 0 aliphatic carbocycles. The SMILES string of the molecule is Cc1ccc(C2=Nn3c(COc4ccc(Cl)cc4)nnc3SC2)c(C)c1. The Morgan fingerprint density at radius 2 is 1.92 bits per heavy atom. The van der Waals surface area contributed by atoms with Crippen molar-refractivity contribution in [1.29, 1.82) is 0 Å². The van der Waals surface area contributed by atoms with Gasteiger partial charge in [-0.25, -0.2) is 0 Å². The number of ether oxygens (including phenoxy) is 1.